The van der Waals surface area contributed by atoms with E-state index in [1.807, 2.05) is 56.3 Å². The van der Waals surface area contributed by atoms with Crippen LogP contribution in [-0.2, 0) is 9.47 Å². The summed E-state index contributed by atoms with van der Waals surface area (Å²) < 4.78 is 18.9. The molecule has 5 rings (SSSR count). The van der Waals surface area contributed by atoms with Crippen molar-refractivity contribution < 1.29 is 24.1 Å². The molecular formula is C29H38N4O5. The Morgan fingerprint density at radius 3 is 2.55 bits per heavy atom. The number of amides is 1. The van der Waals surface area contributed by atoms with Crippen molar-refractivity contribution in [1.82, 2.24) is 9.47 Å². The van der Waals surface area contributed by atoms with Crippen molar-refractivity contribution in [3.05, 3.63) is 42.5 Å². The fraction of sp³-hybridized carbons (Fsp3) is 0.483. The second-order valence-electron chi connectivity index (χ2n) is 10.4. The van der Waals surface area contributed by atoms with Crippen molar-refractivity contribution in [3.8, 4) is 17.0 Å². The van der Waals surface area contributed by atoms with Crippen LogP contribution in [0.5, 0.6) is 5.75 Å². The van der Waals surface area contributed by atoms with Gasteiger partial charge in [0.15, 0.2) is 0 Å². The van der Waals surface area contributed by atoms with Crippen molar-refractivity contribution in [2.45, 2.75) is 51.4 Å². The van der Waals surface area contributed by atoms with E-state index in [0.29, 0.717) is 37.2 Å². The number of carbonyl (C=O) groups excluding carboxylic acids is 1. The molecule has 3 aromatic rings. The SMILES string of the molecule is CC(C)OC(=O)Nc1ccc(-c2c(N)c3ccc(OCC(O)CN4CCOCC4)cc3n2C2CCC2)cc1. The minimum atomic E-state index is -0.576. The number of fused-ring (bicyclic) bond motifs is 1. The van der Waals surface area contributed by atoms with Crippen molar-refractivity contribution in [3.63, 3.8) is 0 Å². The largest absolute Gasteiger partial charge is 0.491 e. The summed E-state index contributed by atoms with van der Waals surface area (Å²) in [6.07, 6.45) is 2.15. The van der Waals surface area contributed by atoms with E-state index in [2.05, 4.69) is 14.8 Å². The molecule has 1 saturated heterocycles. The summed E-state index contributed by atoms with van der Waals surface area (Å²) in [6.45, 7) is 7.50. The van der Waals surface area contributed by atoms with Crippen LogP contribution >= 0.6 is 0 Å². The van der Waals surface area contributed by atoms with Gasteiger partial charge in [-0.05, 0) is 57.4 Å². The van der Waals surface area contributed by atoms with Gasteiger partial charge in [0.25, 0.3) is 0 Å². The fourth-order valence-corrected chi connectivity index (χ4v) is 5.12. The number of nitrogens with two attached hydrogens (primary N) is 1. The van der Waals surface area contributed by atoms with Gasteiger partial charge in [-0.25, -0.2) is 4.79 Å². The van der Waals surface area contributed by atoms with Gasteiger partial charge >= 0.3 is 6.09 Å². The van der Waals surface area contributed by atoms with Crippen LogP contribution in [0.25, 0.3) is 22.2 Å². The molecule has 0 spiro atoms. The highest BCUT2D eigenvalue weighted by Gasteiger charge is 2.27. The Kier molecular flexibility index (Phi) is 8.06. The molecule has 38 heavy (non-hydrogen) atoms. The number of rotatable bonds is 9. The monoisotopic (exact) mass is 522 g/mol. The molecule has 0 radical (unpaired) electrons. The number of aromatic nitrogens is 1. The van der Waals surface area contributed by atoms with E-state index < -0.39 is 12.2 Å². The molecule has 1 aromatic heterocycles. The molecule has 1 saturated carbocycles. The molecule has 2 aliphatic rings. The van der Waals surface area contributed by atoms with E-state index in [1.165, 1.54) is 6.42 Å². The summed E-state index contributed by atoms with van der Waals surface area (Å²) in [5.41, 5.74) is 11.1. The fourth-order valence-electron chi connectivity index (χ4n) is 5.12. The highest BCUT2D eigenvalue weighted by Crippen LogP contribution is 2.45. The van der Waals surface area contributed by atoms with Gasteiger partial charge in [-0.2, -0.15) is 0 Å². The van der Waals surface area contributed by atoms with Crippen LogP contribution in [0.4, 0.5) is 16.2 Å². The van der Waals surface area contributed by atoms with Gasteiger partial charge in [-0.15, -0.1) is 0 Å². The number of carbonyl (C=O) groups is 1. The van der Waals surface area contributed by atoms with E-state index in [0.717, 1.165) is 53.8 Å². The van der Waals surface area contributed by atoms with Crippen LogP contribution in [0.1, 0.15) is 39.2 Å². The lowest BCUT2D eigenvalue weighted by Crippen LogP contribution is -2.42. The lowest BCUT2D eigenvalue weighted by Gasteiger charge is -2.30. The van der Waals surface area contributed by atoms with Gasteiger partial charge in [-0.3, -0.25) is 10.2 Å². The quantitative estimate of drug-likeness (QED) is 0.375. The average Bonchev–Trinajstić information content (AvgIpc) is 3.13. The maximum atomic E-state index is 12.0. The van der Waals surface area contributed by atoms with Crippen LogP contribution in [-0.4, -0.2) is 72.3 Å². The molecule has 0 bridgehead atoms. The highest BCUT2D eigenvalue weighted by molar-refractivity contribution is 6.01. The summed E-state index contributed by atoms with van der Waals surface area (Å²) in [5.74, 6) is 0.714. The van der Waals surface area contributed by atoms with Crippen molar-refractivity contribution >= 4 is 28.4 Å². The normalized spacial score (nSPS) is 17.4. The number of nitrogens with one attached hydrogen (secondary N) is 1. The first-order valence-corrected chi connectivity index (χ1v) is 13.5. The molecule has 204 valence electrons. The molecule has 2 aromatic carbocycles. The van der Waals surface area contributed by atoms with Gasteiger partial charge < -0.3 is 29.6 Å². The molecular weight excluding hydrogens is 484 g/mol. The lowest BCUT2D eigenvalue weighted by atomic mass is 9.92. The first kappa shape index (κ1) is 26.3. The first-order chi connectivity index (χ1) is 18.4. The number of nitrogens with zero attached hydrogens (tertiary/aromatic N) is 2. The van der Waals surface area contributed by atoms with E-state index in [-0.39, 0.29) is 12.7 Å². The zero-order chi connectivity index (χ0) is 26.6. The van der Waals surface area contributed by atoms with Crippen LogP contribution in [0.2, 0.25) is 0 Å². The highest BCUT2D eigenvalue weighted by atomic mass is 16.6. The van der Waals surface area contributed by atoms with E-state index in [4.69, 9.17) is 19.9 Å². The minimum Gasteiger partial charge on any atom is -0.491 e. The molecule has 1 aliphatic heterocycles. The van der Waals surface area contributed by atoms with E-state index in [1.54, 1.807) is 0 Å². The Hall–Kier alpha value is -3.27. The Morgan fingerprint density at radius 1 is 1.16 bits per heavy atom. The molecule has 9 nitrogen and oxygen atoms in total. The lowest BCUT2D eigenvalue weighted by molar-refractivity contribution is 0.00466. The Labute approximate surface area is 223 Å². The van der Waals surface area contributed by atoms with Crippen LogP contribution in [0, 0.1) is 0 Å². The Balaban J connectivity index is 1.36. The number of aliphatic hydroxyl groups is 1. The Bertz CT molecular complexity index is 1250. The Morgan fingerprint density at radius 2 is 1.89 bits per heavy atom. The predicted octanol–water partition coefficient (Wildman–Crippen LogP) is 4.64. The number of anilines is 2. The molecule has 1 atom stereocenters. The minimum absolute atomic E-state index is 0.186. The summed E-state index contributed by atoms with van der Waals surface area (Å²) in [4.78, 5) is 14.2. The number of nitrogen functional groups attached to an aromatic ring is 1. The summed E-state index contributed by atoms with van der Waals surface area (Å²) >= 11 is 0. The predicted molar refractivity (Wildman–Crippen MR) is 149 cm³/mol. The number of hydrogen-bond donors (Lipinski definition) is 3. The van der Waals surface area contributed by atoms with Gasteiger partial charge in [-0.1, -0.05) is 12.1 Å². The smallest absolute Gasteiger partial charge is 0.411 e. The summed E-state index contributed by atoms with van der Waals surface area (Å²) in [7, 11) is 0. The van der Waals surface area contributed by atoms with Crippen LogP contribution in [0.15, 0.2) is 42.5 Å². The molecule has 2 heterocycles. The van der Waals surface area contributed by atoms with Crippen molar-refractivity contribution in [2.24, 2.45) is 0 Å². The third-order valence-corrected chi connectivity index (χ3v) is 7.22. The zero-order valence-electron chi connectivity index (χ0n) is 22.2. The molecule has 2 fully saturated rings. The number of aliphatic hydroxyl groups excluding tert-OH is 1. The number of β-amino-alcohol motifs (C(OH)–C–C–N with tert-alkyl or cyclic N) is 1. The maximum Gasteiger partial charge on any atom is 0.411 e. The number of benzene rings is 2. The molecule has 4 N–H and O–H groups in total. The number of hydrogen-bond acceptors (Lipinski definition) is 7. The van der Waals surface area contributed by atoms with Crippen molar-refractivity contribution in [2.75, 3.05) is 50.5 Å². The third kappa shape index (κ3) is 5.90. The summed E-state index contributed by atoms with van der Waals surface area (Å²) in [6, 6.07) is 14.0. The zero-order valence-corrected chi connectivity index (χ0v) is 22.2. The van der Waals surface area contributed by atoms with Gasteiger partial charge in [0, 0.05) is 48.4 Å². The van der Waals surface area contributed by atoms with Gasteiger partial charge in [0.2, 0.25) is 0 Å². The molecule has 1 amide bonds. The number of morpholine rings is 1. The molecule has 9 heteroatoms. The van der Waals surface area contributed by atoms with E-state index in [9.17, 15) is 9.90 Å². The second-order valence-corrected chi connectivity index (χ2v) is 10.4. The third-order valence-electron chi connectivity index (χ3n) is 7.22. The van der Waals surface area contributed by atoms with Crippen molar-refractivity contribution in [1.29, 1.82) is 0 Å². The van der Waals surface area contributed by atoms with Crippen LogP contribution < -0.4 is 15.8 Å². The summed E-state index contributed by atoms with van der Waals surface area (Å²) in [5, 5.41) is 14.3. The van der Waals surface area contributed by atoms with Gasteiger partial charge in [0.05, 0.1) is 36.2 Å². The van der Waals surface area contributed by atoms with E-state index >= 15 is 0 Å². The topological polar surface area (TPSA) is 111 Å². The maximum absolute atomic E-state index is 12.0. The molecule has 1 unspecified atom stereocenters. The standard InChI is InChI=1S/C29H38N4O5/c1-19(2)38-29(35)31-21-8-6-20(7-9-21)28-27(30)25-11-10-24(16-26(25)33(28)22-4-3-5-22)37-18-23(34)17-32-12-14-36-15-13-32/h6-11,16,19,22-23,34H,3-5,12-15,17-18,30H2,1-2H3,(H,31,35). The second kappa shape index (κ2) is 11.6. The van der Waals surface area contributed by atoms with Crippen LogP contribution in [0.3, 0.4) is 0 Å². The first-order valence-electron chi connectivity index (χ1n) is 13.5. The molecule has 1 aliphatic carbocycles. The van der Waals surface area contributed by atoms with Gasteiger partial charge in [0.1, 0.15) is 18.5 Å². The number of ether oxygens (including phenoxy) is 3. The average molecular weight is 523 g/mol.